The second-order valence-electron chi connectivity index (χ2n) is 1.41. The Balaban J connectivity index is 0. The van der Waals surface area contributed by atoms with Crippen LogP contribution in [0, 0.1) is 13.1 Å². The summed E-state index contributed by atoms with van der Waals surface area (Å²) in [4.78, 5) is 3.85. The number of hydrogen-bond acceptors (Lipinski definition) is 1. The van der Waals surface area contributed by atoms with Crippen LogP contribution in [0.25, 0.3) is 0 Å². The molecule has 0 N–H and O–H groups in total. The van der Waals surface area contributed by atoms with Gasteiger partial charge in [-0.1, -0.05) is 18.8 Å². The summed E-state index contributed by atoms with van der Waals surface area (Å²) in [5.74, 6) is 0. The van der Waals surface area contributed by atoms with Crippen LogP contribution >= 0.6 is 17.0 Å². The molecule has 0 amide bonds. The average molecular weight is 238 g/mol. The van der Waals surface area contributed by atoms with Crippen LogP contribution in [0.5, 0.6) is 0 Å². The molecule has 0 saturated carbocycles. The molecule has 1 rings (SSSR count). The number of aryl methyl sites for hydroxylation is 1. The molecule has 0 radical (unpaired) electrons. The van der Waals surface area contributed by atoms with Gasteiger partial charge in [-0.3, -0.25) is 0 Å². The normalized spacial score (nSPS) is 6.78. The first-order valence-electron chi connectivity index (χ1n) is 2.19. The molecule has 0 aromatic carbocycles. The minimum atomic E-state index is 0. The van der Waals surface area contributed by atoms with Gasteiger partial charge in [-0.05, 0) is 0 Å². The summed E-state index contributed by atoms with van der Waals surface area (Å²) in [6.07, 6.45) is 2.71. The van der Waals surface area contributed by atoms with Gasteiger partial charge in [0.1, 0.15) is 0 Å². The second kappa shape index (κ2) is 6.37. The van der Waals surface area contributed by atoms with Gasteiger partial charge in [0.15, 0.2) is 0 Å². The summed E-state index contributed by atoms with van der Waals surface area (Å²) >= 11 is 0. The van der Waals surface area contributed by atoms with E-state index in [-0.39, 0.29) is 36.5 Å². The van der Waals surface area contributed by atoms with Crippen molar-refractivity contribution in [1.29, 1.82) is 0 Å². The Morgan fingerprint density at radius 2 is 2.22 bits per heavy atom. The van der Waals surface area contributed by atoms with Crippen molar-refractivity contribution in [3.8, 4) is 0 Å². The van der Waals surface area contributed by atoms with Gasteiger partial charge in [-0.2, -0.15) is 18.2 Å². The van der Waals surface area contributed by atoms with Crippen LogP contribution in [0.3, 0.4) is 0 Å². The minimum absolute atomic E-state index is 0. The second-order valence-corrected chi connectivity index (χ2v) is 1.41. The van der Waals surface area contributed by atoms with Crippen LogP contribution in [0.15, 0.2) is 18.2 Å². The molecule has 0 aliphatic rings. The molecule has 1 aromatic rings. The van der Waals surface area contributed by atoms with Crippen molar-refractivity contribution >= 4 is 17.0 Å². The quantitative estimate of drug-likeness (QED) is 0.496. The van der Waals surface area contributed by atoms with Gasteiger partial charge in [-0.15, -0.1) is 17.0 Å². The van der Waals surface area contributed by atoms with Crippen molar-refractivity contribution in [1.82, 2.24) is 4.98 Å². The Morgan fingerprint density at radius 1 is 1.56 bits per heavy atom. The molecule has 0 saturated heterocycles. The number of aromatic nitrogens is 1. The molecular formula is C6H7BrNZn-. The summed E-state index contributed by atoms with van der Waals surface area (Å²) < 4.78 is 0. The molecule has 46 valence electrons. The summed E-state index contributed by atoms with van der Waals surface area (Å²) in [5.41, 5.74) is 1.02. The number of nitrogens with zero attached hydrogens (tertiary/aromatic N) is 1. The minimum Gasteiger partial charge on any atom is -0.391 e. The first kappa shape index (κ1) is 12.0. The van der Waals surface area contributed by atoms with E-state index in [1.807, 2.05) is 19.1 Å². The van der Waals surface area contributed by atoms with Crippen molar-refractivity contribution in [2.45, 2.75) is 6.92 Å². The smallest absolute Gasteiger partial charge is 0 e. The van der Waals surface area contributed by atoms with Gasteiger partial charge in [0.2, 0.25) is 0 Å². The Morgan fingerprint density at radius 3 is 2.44 bits per heavy atom. The SMILES string of the molecule is Br.Cc1ccc[c-]n1.[Zn]. The summed E-state index contributed by atoms with van der Waals surface area (Å²) in [5, 5.41) is 0. The van der Waals surface area contributed by atoms with Gasteiger partial charge in [0.05, 0.1) is 0 Å². The Kier molecular flexibility index (Phi) is 8.49. The summed E-state index contributed by atoms with van der Waals surface area (Å²) in [7, 11) is 0. The molecule has 1 heterocycles. The van der Waals surface area contributed by atoms with Crippen molar-refractivity contribution in [3.63, 3.8) is 0 Å². The van der Waals surface area contributed by atoms with Crippen molar-refractivity contribution < 1.29 is 19.5 Å². The van der Waals surface area contributed by atoms with Crippen LogP contribution in [0.2, 0.25) is 0 Å². The maximum atomic E-state index is 3.85. The fourth-order valence-electron chi connectivity index (χ4n) is 0.407. The fraction of sp³-hybridized carbons (Fsp3) is 0.167. The van der Waals surface area contributed by atoms with Gasteiger partial charge < -0.3 is 4.98 Å². The van der Waals surface area contributed by atoms with Crippen LogP contribution in [-0.2, 0) is 19.5 Å². The molecule has 0 unspecified atom stereocenters. The molecule has 0 atom stereocenters. The fourth-order valence-corrected chi connectivity index (χ4v) is 0.407. The molecule has 1 nitrogen and oxygen atoms in total. The Hall–Kier alpha value is 0.253. The molecule has 0 aliphatic carbocycles. The van der Waals surface area contributed by atoms with E-state index in [4.69, 9.17) is 0 Å². The van der Waals surface area contributed by atoms with Gasteiger partial charge >= 0.3 is 0 Å². The molecule has 3 heteroatoms. The topological polar surface area (TPSA) is 12.9 Å². The molecule has 9 heavy (non-hydrogen) atoms. The van der Waals surface area contributed by atoms with Crippen LogP contribution in [-0.4, -0.2) is 4.98 Å². The summed E-state index contributed by atoms with van der Waals surface area (Å²) in [6, 6.07) is 5.64. The molecule has 0 bridgehead atoms. The molecule has 0 fully saturated rings. The van der Waals surface area contributed by atoms with E-state index in [0.717, 1.165) is 5.69 Å². The Bertz CT molecular complexity index is 143. The third kappa shape index (κ3) is 4.74. The maximum absolute atomic E-state index is 3.85. The maximum Gasteiger partial charge on any atom is 0 e. The Labute approximate surface area is 78.4 Å². The van der Waals surface area contributed by atoms with E-state index in [2.05, 4.69) is 11.2 Å². The predicted molar refractivity (Wildman–Crippen MR) is 38.1 cm³/mol. The number of hydrogen-bond donors (Lipinski definition) is 0. The monoisotopic (exact) mass is 236 g/mol. The molecule has 0 spiro atoms. The van der Waals surface area contributed by atoms with Crippen molar-refractivity contribution in [2.24, 2.45) is 0 Å². The van der Waals surface area contributed by atoms with E-state index in [0.29, 0.717) is 0 Å². The van der Waals surface area contributed by atoms with Crippen molar-refractivity contribution in [2.75, 3.05) is 0 Å². The van der Waals surface area contributed by atoms with E-state index < -0.39 is 0 Å². The predicted octanol–water partition coefficient (Wildman–Crippen LogP) is 1.77. The van der Waals surface area contributed by atoms with Crippen LogP contribution in [0.1, 0.15) is 5.69 Å². The van der Waals surface area contributed by atoms with Crippen molar-refractivity contribution in [3.05, 3.63) is 30.1 Å². The van der Waals surface area contributed by atoms with Gasteiger partial charge in [0, 0.05) is 19.5 Å². The third-order valence-electron chi connectivity index (χ3n) is 0.749. The standard InChI is InChI=1S/C6H6N.BrH.Zn/c1-6-4-2-3-5-7-6;;/h2-4H,1H3;1H;/q-1;;. The molecule has 0 aliphatic heterocycles. The van der Waals surface area contributed by atoms with Gasteiger partial charge in [-0.25, -0.2) is 0 Å². The van der Waals surface area contributed by atoms with Crippen LogP contribution in [0.4, 0.5) is 0 Å². The number of halogens is 1. The molecular weight excluding hydrogens is 231 g/mol. The third-order valence-corrected chi connectivity index (χ3v) is 0.749. The zero-order valence-electron chi connectivity index (χ0n) is 5.29. The van der Waals surface area contributed by atoms with E-state index in [1.165, 1.54) is 0 Å². The average Bonchev–Trinajstić information content (AvgIpc) is 1.69. The van der Waals surface area contributed by atoms with Crippen LogP contribution < -0.4 is 0 Å². The largest absolute Gasteiger partial charge is 0.391 e. The van der Waals surface area contributed by atoms with E-state index in [9.17, 15) is 0 Å². The zero-order valence-corrected chi connectivity index (χ0v) is 9.97. The molecule has 1 aromatic heterocycles. The first-order valence-corrected chi connectivity index (χ1v) is 2.19. The van der Waals surface area contributed by atoms with Gasteiger partial charge in [0.25, 0.3) is 0 Å². The first-order chi connectivity index (χ1) is 3.39. The number of pyridine rings is 1. The number of rotatable bonds is 0. The summed E-state index contributed by atoms with van der Waals surface area (Å²) in [6.45, 7) is 1.94. The van der Waals surface area contributed by atoms with E-state index >= 15 is 0 Å². The zero-order chi connectivity index (χ0) is 5.11. The van der Waals surface area contributed by atoms with E-state index in [1.54, 1.807) is 6.07 Å².